The van der Waals surface area contributed by atoms with Gasteiger partial charge in [-0.1, -0.05) is 20.3 Å². The number of rotatable bonds is 5. The fraction of sp³-hybridized carbons (Fsp3) is 0.833. The van der Waals surface area contributed by atoms with Crippen LogP contribution >= 0.6 is 0 Å². The monoisotopic (exact) mass is 243 g/mol. The molecule has 98 valence electrons. The van der Waals surface area contributed by atoms with Crippen molar-refractivity contribution >= 4 is 11.9 Å². The molecule has 1 N–H and O–H groups in total. The number of carboxylic acid groups (broad SMARTS) is 1. The molecule has 1 aliphatic heterocycles. The van der Waals surface area contributed by atoms with E-state index in [1.165, 1.54) is 7.11 Å². The molecule has 5 nitrogen and oxygen atoms in total. The Morgan fingerprint density at radius 2 is 2.12 bits per heavy atom. The minimum atomic E-state index is -0.801. The van der Waals surface area contributed by atoms with E-state index in [0.717, 1.165) is 6.42 Å². The van der Waals surface area contributed by atoms with Crippen LogP contribution < -0.4 is 0 Å². The first-order valence-electron chi connectivity index (χ1n) is 6.05. The van der Waals surface area contributed by atoms with Crippen LogP contribution in [0, 0.1) is 11.8 Å². The molecule has 0 aromatic heterocycles. The predicted octanol–water partition coefficient (Wildman–Crippen LogP) is 0.981. The maximum Gasteiger partial charge on any atom is 0.320 e. The van der Waals surface area contributed by atoms with Crippen molar-refractivity contribution in [1.29, 1.82) is 0 Å². The maximum absolute atomic E-state index is 11.5. The molecule has 1 saturated heterocycles. The van der Waals surface area contributed by atoms with Crippen LogP contribution in [0.25, 0.3) is 0 Å². The van der Waals surface area contributed by atoms with Gasteiger partial charge in [0, 0.05) is 13.1 Å². The molecule has 17 heavy (non-hydrogen) atoms. The number of carbonyl (C=O) groups is 2. The highest BCUT2D eigenvalue weighted by Crippen LogP contribution is 2.27. The van der Waals surface area contributed by atoms with Gasteiger partial charge in [0.1, 0.15) is 6.04 Å². The number of methoxy groups -OCH3 is 1. The molecule has 3 atom stereocenters. The van der Waals surface area contributed by atoms with Crippen molar-refractivity contribution < 1.29 is 19.4 Å². The quantitative estimate of drug-likeness (QED) is 0.729. The van der Waals surface area contributed by atoms with E-state index < -0.39 is 12.0 Å². The van der Waals surface area contributed by atoms with E-state index in [2.05, 4.69) is 0 Å². The maximum atomic E-state index is 11.5. The average Bonchev–Trinajstić information content (AvgIpc) is 2.66. The van der Waals surface area contributed by atoms with E-state index in [1.807, 2.05) is 18.7 Å². The van der Waals surface area contributed by atoms with E-state index in [1.54, 1.807) is 0 Å². The number of esters is 1. The van der Waals surface area contributed by atoms with Crippen molar-refractivity contribution in [3.05, 3.63) is 0 Å². The Hall–Kier alpha value is -1.10. The summed E-state index contributed by atoms with van der Waals surface area (Å²) < 4.78 is 4.74. The van der Waals surface area contributed by atoms with Crippen LogP contribution in [0.3, 0.4) is 0 Å². The zero-order chi connectivity index (χ0) is 13.0. The van der Waals surface area contributed by atoms with Crippen molar-refractivity contribution in [3.8, 4) is 0 Å². The average molecular weight is 243 g/mol. The molecule has 0 bridgehead atoms. The molecule has 0 aliphatic carbocycles. The second kappa shape index (κ2) is 6.00. The summed E-state index contributed by atoms with van der Waals surface area (Å²) in [5.74, 6) is -1.08. The van der Waals surface area contributed by atoms with Gasteiger partial charge in [-0.2, -0.15) is 0 Å². The van der Waals surface area contributed by atoms with Crippen LogP contribution in [0.15, 0.2) is 0 Å². The summed E-state index contributed by atoms with van der Waals surface area (Å²) in [5.41, 5.74) is 0. The number of carboxylic acids is 1. The number of aliphatic carboxylic acids is 1. The minimum absolute atomic E-state index is 0.154. The van der Waals surface area contributed by atoms with E-state index >= 15 is 0 Å². The zero-order valence-electron chi connectivity index (χ0n) is 10.7. The molecular formula is C12H21NO4. The van der Waals surface area contributed by atoms with Gasteiger partial charge in [-0.15, -0.1) is 0 Å². The molecule has 0 aromatic rings. The smallest absolute Gasteiger partial charge is 0.320 e. The van der Waals surface area contributed by atoms with Crippen molar-refractivity contribution in [2.45, 2.75) is 32.7 Å². The van der Waals surface area contributed by atoms with Crippen molar-refractivity contribution in [2.24, 2.45) is 11.8 Å². The van der Waals surface area contributed by atoms with E-state index in [0.29, 0.717) is 19.5 Å². The predicted molar refractivity (Wildman–Crippen MR) is 62.6 cm³/mol. The molecule has 0 spiro atoms. The highest BCUT2D eigenvalue weighted by molar-refractivity contribution is 5.75. The lowest BCUT2D eigenvalue weighted by Gasteiger charge is -2.23. The summed E-state index contributed by atoms with van der Waals surface area (Å²) in [6.45, 7) is 5.07. The first-order chi connectivity index (χ1) is 8.01. The summed E-state index contributed by atoms with van der Waals surface area (Å²) in [4.78, 5) is 24.6. The molecule has 1 aliphatic rings. The number of nitrogens with zero attached hydrogens (tertiary/aromatic N) is 1. The largest absolute Gasteiger partial charge is 0.480 e. The van der Waals surface area contributed by atoms with Gasteiger partial charge in [0.2, 0.25) is 0 Å². The second-order valence-corrected chi connectivity index (χ2v) is 4.70. The third-order valence-electron chi connectivity index (χ3n) is 3.43. The van der Waals surface area contributed by atoms with E-state index in [-0.39, 0.29) is 17.8 Å². The Morgan fingerprint density at radius 1 is 1.47 bits per heavy atom. The SMILES string of the molecule is CCCC(C(=O)O)N1CC(C)C(C(=O)OC)C1. The highest BCUT2D eigenvalue weighted by atomic mass is 16.5. The Bertz CT molecular complexity index is 292. The Kier molecular flexibility index (Phi) is 4.93. The lowest BCUT2D eigenvalue weighted by Crippen LogP contribution is -2.40. The molecule has 1 fully saturated rings. The number of carbonyl (C=O) groups excluding carboxylic acids is 1. The Balaban J connectivity index is 2.68. The highest BCUT2D eigenvalue weighted by Gasteiger charge is 2.40. The number of hydrogen-bond acceptors (Lipinski definition) is 4. The van der Waals surface area contributed by atoms with Crippen LogP contribution in [0.5, 0.6) is 0 Å². The first-order valence-corrected chi connectivity index (χ1v) is 6.05. The van der Waals surface area contributed by atoms with Gasteiger partial charge in [-0.3, -0.25) is 14.5 Å². The molecule has 1 rings (SSSR count). The molecular weight excluding hydrogens is 222 g/mol. The van der Waals surface area contributed by atoms with Gasteiger partial charge in [0.25, 0.3) is 0 Å². The molecule has 5 heteroatoms. The molecule has 0 amide bonds. The van der Waals surface area contributed by atoms with Crippen LogP contribution in [0.1, 0.15) is 26.7 Å². The molecule has 3 unspecified atom stereocenters. The fourth-order valence-electron chi connectivity index (χ4n) is 2.45. The summed E-state index contributed by atoms with van der Waals surface area (Å²) in [6.07, 6.45) is 1.45. The topological polar surface area (TPSA) is 66.8 Å². The summed E-state index contributed by atoms with van der Waals surface area (Å²) in [5, 5.41) is 9.18. The zero-order valence-corrected chi connectivity index (χ0v) is 10.7. The first kappa shape index (κ1) is 14.0. The lowest BCUT2D eigenvalue weighted by atomic mass is 9.99. The van der Waals surface area contributed by atoms with Crippen LogP contribution in [0.4, 0.5) is 0 Å². The van der Waals surface area contributed by atoms with Crippen LogP contribution in [-0.2, 0) is 14.3 Å². The second-order valence-electron chi connectivity index (χ2n) is 4.70. The summed E-state index contributed by atoms with van der Waals surface area (Å²) in [6, 6.07) is -0.475. The number of ether oxygens (including phenoxy) is 1. The van der Waals surface area contributed by atoms with E-state index in [4.69, 9.17) is 4.74 Å². The Labute approximate surface area is 102 Å². The van der Waals surface area contributed by atoms with Gasteiger partial charge < -0.3 is 9.84 Å². The fourth-order valence-corrected chi connectivity index (χ4v) is 2.45. The van der Waals surface area contributed by atoms with Crippen LogP contribution in [-0.4, -0.2) is 48.2 Å². The van der Waals surface area contributed by atoms with Gasteiger partial charge in [-0.25, -0.2) is 0 Å². The van der Waals surface area contributed by atoms with Gasteiger partial charge in [-0.05, 0) is 12.3 Å². The molecule has 1 heterocycles. The normalized spacial score (nSPS) is 26.8. The molecule has 0 saturated carbocycles. The summed E-state index contributed by atoms with van der Waals surface area (Å²) in [7, 11) is 1.37. The number of hydrogen-bond donors (Lipinski definition) is 1. The van der Waals surface area contributed by atoms with Crippen molar-refractivity contribution in [1.82, 2.24) is 4.90 Å². The summed E-state index contributed by atoms with van der Waals surface area (Å²) >= 11 is 0. The van der Waals surface area contributed by atoms with Crippen molar-refractivity contribution in [2.75, 3.05) is 20.2 Å². The van der Waals surface area contributed by atoms with E-state index in [9.17, 15) is 14.7 Å². The van der Waals surface area contributed by atoms with Crippen LogP contribution in [0.2, 0.25) is 0 Å². The minimum Gasteiger partial charge on any atom is -0.480 e. The third kappa shape index (κ3) is 3.19. The lowest BCUT2D eigenvalue weighted by molar-refractivity contribution is -0.147. The van der Waals surface area contributed by atoms with Crippen molar-refractivity contribution in [3.63, 3.8) is 0 Å². The van der Waals surface area contributed by atoms with Gasteiger partial charge in [0.05, 0.1) is 13.0 Å². The van der Waals surface area contributed by atoms with Gasteiger partial charge >= 0.3 is 11.9 Å². The Morgan fingerprint density at radius 3 is 2.59 bits per heavy atom. The molecule has 0 aromatic carbocycles. The molecule has 0 radical (unpaired) electrons. The number of likely N-dealkylation sites (tertiary alicyclic amines) is 1. The van der Waals surface area contributed by atoms with Gasteiger partial charge in [0.15, 0.2) is 0 Å². The standard InChI is InChI=1S/C12H21NO4/c1-4-5-10(11(14)15)13-6-8(2)9(7-13)12(16)17-3/h8-10H,4-7H2,1-3H3,(H,14,15). The third-order valence-corrected chi connectivity index (χ3v) is 3.43.